The number of ether oxygens (including phenoxy) is 1. The minimum Gasteiger partial charge on any atom is -0.445 e. The Morgan fingerprint density at radius 2 is 1.83 bits per heavy atom. The predicted octanol–water partition coefficient (Wildman–Crippen LogP) is -1.06. The number of β-lactam (4-membered cyclic amide) rings is 1. The van der Waals surface area contributed by atoms with E-state index in [2.05, 4.69) is 5.32 Å². The van der Waals surface area contributed by atoms with Gasteiger partial charge in [0.05, 0.1) is 0 Å². The number of carbonyl (C=O) groups is 4. The minimum atomic E-state index is -5.02. The molecule has 0 unspecified atom stereocenters. The highest BCUT2D eigenvalue weighted by atomic mass is 32.2. The highest BCUT2D eigenvalue weighted by molar-refractivity contribution is 7.84. The van der Waals surface area contributed by atoms with Crippen LogP contribution >= 0.6 is 0 Å². The average Bonchev–Trinajstić information content (AvgIpc) is 2.70. The lowest BCUT2D eigenvalue weighted by molar-refractivity contribution is -0.169. The van der Waals surface area contributed by atoms with E-state index < -0.39 is 46.3 Å². The van der Waals surface area contributed by atoms with E-state index in [1.807, 2.05) is 0 Å². The zero-order valence-corrected chi connectivity index (χ0v) is 16.7. The summed E-state index contributed by atoms with van der Waals surface area (Å²) in [5.41, 5.74) is 0.681. The molecular formula is C17H20N4O8S. The van der Waals surface area contributed by atoms with Crippen molar-refractivity contribution in [1.29, 1.82) is 0 Å². The fraction of sp³-hybridized carbons (Fsp3) is 0.412. The molecule has 2 aliphatic heterocycles. The molecule has 3 rings (SSSR count). The molecule has 0 spiro atoms. The third-order valence-electron chi connectivity index (χ3n) is 4.80. The third-order valence-corrected chi connectivity index (χ3v) is 5.69. The number of amides is 4. The summed E-state index contributed by atoms with van der Waals surface area (Å²) in [6, 6.07) is 7.18. The molecule has 4 amide bonds. The van der Waals surface area contributed by atoms with E-state index >= 15 is 0 Å². The Kier molecular flexibility index (Phi) is 5.94. The van der Waals surface area contributed by atoms with Crippen molar-refractivity contribution >= 4 is 34.1 Å². The van der Waals surface area contributed by atoms with E-state index in [0.29, 0.717) is 5.56 Å². The first-order chi connectivity index (χ1) is 14.1. The maximum atomic E-state index is 12.4. The second kappa shape index (κ2) is 8.28. The summed E-state index contributed by atoms with van der Waals surface area (Å²) in [7, 11) is -5.02. The van der Waals surface area contributed by atoms with Gasteiger partial charge in [0.2, 0.25) is 0 Å². The molecule has 0 aromatic heterocycles. The number of benzene rings is 1. The quantitative estimate of drug-likeness (QED) is 0.322. The molecule has 0 saturated carbocycles. The van der Waals surface area contributed by atoms with Gasteiger partial charge < -0.3 is 19.9 Å². The molecule has 2 aliphatic rings. The number of likely N-dealkylation sites (N-methyl/N-ethyl adjacent to an activating group) is 1. The summed E-state index contributed by atoms with van der Waals surface area (Å²) in [6.07, 6.45) is -2.60. The van der Waals surface area contributed by atoms with Crippen LogP contribution in [-0.2, 0) is 36.0 Å². The van der Waals surface area contributed by atoms with Crippen LogP contribution in [0.3, 0.4) is 0 Å². The number of alkyl carbamates (subject to hydrolysis) is 1. The van der Waals surface area contributed by atoms with Gasteiger partial charge in [0, 0.05) is 19.6 Å². The molecule has 2 atom stereocenters. The monoisotopic (exact) mass is 440 g/mol. The van der Waals surface area contributed by atoms with Crippen LogP contribution < -0.4 is 5.32 Å². The summed E-state index contributed by atoms with van der Waals surface area (Å²) in [5.74, 6) is -3.07. The number of nitrogens with zero attached hydrogens (tertiary/aromatic N) is 3. The number of hydrogen-bond donors (Lipinski definition) is 2. The Bertz CT molecular complexity index is 967. The van der Waals surface area contributed by atoms with Gasteiger partial charge >= 0.3 is 28.2 Å². The minimum absolute atomic E-state index is 0.0575. The summed E-state index contributed by atoms with van der Waals surface area (Å²) in [4.78, 5) is 51.0. The van der Waals surface area contributed by atoms with Gasteiger partial charge in [0.1, 0.15) is 6.61 Å². The standard InChI is InChI=1S/C17H20N4O8S/c1-2-19-8-9-20(16(24)15(19)23)13-12(14(22)21(13)30(26,27)28)18-17(25)29-10-11-6-4-3-5-7-11/h3-7,12-13H,2,8-10H2,1H3,(H,18,25)(H,26,27,28)/t12-,13-/m0/s1. The molecule has 2 fully saturated rings. The molecule has 2 heterocycles. The topological polar surface area (TPSA) is 154 Å². The van der Waals surface area contributed by atoms with Gasteiger partial charge in [-0.2, -0.15) is 12.7 Å². The third kappa shape index (κ3) is 4.07. The van der Waals surface area contributed by atoms with Gasteiger partial charge in [0.15, 0.2) is 12.2 Å². The van der Waals surface area contributed by atoms with Crippen molar-refractivity contribution in [2.45, 2.75) is 25.7 Å². The molecule has 0 bridgehead atoms. The average molecular weight is 440 g/mol. The molecule has 1 aromatic carbocycles. The molecule has 1 aromatic rings. The maximum absolute atomic E-state index is 12.4. The van der Waals surface area contributed by atoms with Crippen molar-refractivity contribution in [1.82, 2.24) is 19.4 Å². The second-order valence-electron chi connectivity index (χ2n) is 6.59. The van der Waals surface area contributed by atoms with Crippen LogP contribution in [0.5, 0.6) is 0 Å². The SMILES string of the molecule is CCN1CCN([C@@H]2[C@H](NC(=O)OCc3ccccc3)C(=O)N2S(=O)(=O)O)C(=O)C1=O. The van der Waals surface area contributed by atoms with E-state index in [4.69, 9.17) is 4.74 Å². The Labute approximate surface area is 172 Å². The first kappa shape index (κ1) is 21.5. The number of nitrogens with one attached hydrogen (secondary N) is 1. The molecule has 2 saturated heterocycles. The van der Waals surface area contributed by atoms with Gasteiger partial charge in [-0.25, -0.2) is 4.79 Å². The van der Waals surface area contributed by atoms with E-state index in [-0.39, 0.29) is 30.5 Å². The Balaban J connectivity index is 1.74. The molecular weight excluding hydrogens is 420 g/mol. The number of piperazine rings is 1. The highest BCUT2D eigenvalue weighted by Crippen LogP contribution is 2.28. The van der Waals surface area contributed by atoms with Gasteiger partial charge in [0.25, 0.3) is 5.91 Å². The van der Waals surface area contributed by atoms with E-state index in [1.54, 1.807) is 37.3 Å². The predicted molar refractivity (Wildman–Crippen MR) is 99.7 cm³/mol. The fourth-order valence-corrected chi connectivity index (χ4v) is 4.13. The molecule has 12 nitrogen and oxygen atoms in total. The molecule has 0 aliphatic carbocycles. The summed E-state index contributed by atoms with van der Waals surface area (Å²) in [5, 5.41) is 2.20. The first-order valence-corrected chi connectivity index (χ1v) is 10.4. The Hall–Kier alpha value is -3.19. The summed E-state index contributed by atoms with van der Waals surface area (Å²) in [6.45, 7) is 1.87. The zero-order valence-electron chi connectivity index (χ0n) is 15.9. The van der Waals surface area contributed by atoms with E-state index in [0.717, 1.165) is 4.90 Å². The van der Waals surface area contributed by atoms with Crippen molar-refractivity contribution in [3.05, 3.63) is 35.9 Å². The lowest BCUT2D eigenvalue weighted by Gasteiger charge is -2.50. The fourth-order valence-electron chi connectivity index (χ4n) is 3.28. The molecule has 0 radical (unpaired) electrons. The number of hydrogen-bond acceptors (Lipinski definition) is 7. The van der Waals surface area contributed by atoms with Crippen LogP contribution in [-0.4, -0.2) is 82.7 Å². The zero-order chi connectivity index (χ0) is 22.1. The van der Waals surface area contributed by atoms with Crippen LogP contribution in [0.25, 0.3) is 0 Å². The van der Waals surface area contributed by atoms with E-state index in [9.17, 15) is 32.1 Å². The Morgan fingerprint density at radius 3 is 2.43 bits per heavy atom. The summed E-state index contributed by atoms with van der Waals surface area (Å²) >= 11 is 0. The van der Waals surface area contributed by atoms with Crippen molar-refractivity contribution in [3.8, 4) is 0 Å². The van der Waals surface area contributed by atoms with Gasteiger partial charge in [-0.1, -0.05) is 30.3 Å². The van der Waals surface area contributed by atoms with Crippen LogP contribution in [0.15, 0.2) is 30.3 Å². The lowest BCUT2D eigenvalue weighted by atomic mass is 10.0. The summed E-state index contributed by atoms with van der Waals surface area (Å²) < 4.78 is 37.7. The molecule has 162 valence electrons. The first-order valence-electron chi connectivity index (χ1n) is 9.03. The Morgan fingerprint density at radius 1 is 1.17 bits per heavy atom. The van der Waals surface area contributed by atoms with Gasteiger partial charge in [-0.05, 0) is 12.5 Å². The molecule has 2 N–H and O–H groups in total. The normalized spacial score (nSPS) is 22.1. The number of carbonyl (C=O) groups excluding carboxylic acids is 4. The lowest BCUT2D eigenvalue weighted by Crippen LogP contribution is -2.79. The largest absolute Gasteiger partial charge is 0.445 e. The molecule has 30 heavy (non-hydrogen) atoms. The number of rotatable bonds is 6. The second-order valence-corrected chi connectivity index (χ2v) is 7.88. The van der Waals surface area contributed by atoms with Crippen molar-refractivity contribution in [3.63, 3.8) is 0 Å². The van der Waals surface area contributed by atoms with Gasteiger partial charge in [-0.3, -0.25) is 18.9 Å². The van der Waals surface area contributed by atoms with Crippen molar-refractivity contribution < 1.29 is 36.9 Å². The van der Waals surface area contributed by atoms with Gasteiger partial charge in [-0.15, -0.1) is 0 Å². The van der Waals surface area contributed by atoms with Crippen LogP contribution in [0, 0.1) is 0 Å². The molecule has 13 heteroatoms. The maximum Gasteiger partial charge on any atom is 0.408 e. The van der Waals surface area contributed by atoms with Crippen molar-refractivity contribution in [2.75, 3.05) is 19.6 Å². The van der Waals surface area contributed by atoms with Crippen molar-refractivity contribution in [2.24, 2.45) is 0 Å². The van der Waals surface area contributed by atoms with Crippen LogP contribution in [0.4, 0.5) is 4.79 Å². The smallest absolute Gasteiger partial charge is 0.408 e. The highest BCUT2D eigenvalue weighted by Gasteiger charge is 2.59. The van der Waals surface area contributed by atoms with Crippen LogP contribution in [0.1, 0.15) is 12.5 Å². The van der Waals surface area contributed by atoms with E-state index in [1.165, 1.54) is 4.90 Å². The van der Waals surface area contributed by atoms with Crippen LogP contribution in [0.2, 0.25) is 0 Å².